The van der Waals surface area contributed by atoms with Crippen molar-refractivity contribution in [3.8, 4) is 0 Å². The van der Waals surface area contributed by atoms with Gasteiger partial charge in [0.25, 0.3) is 5.91 Å². The number of halogens is 1. The first-order valence-electron chi connectivity index (χ1n) is 8.52. The molecule has 4 heteroatoms. The minimum absolute atomic E-state index is 0.0101. The van der Waals surface area contributed by atoms with Gasteiger partial charge in [0.2, 0.25) is 0 Å². The van der Waals surface area contributed by atoms with Crippen molar-refractivity contribution in [1.82, 2.24) is 5.32 Å². The van der Waals surface area contributed by atoms with E-state index in [0.29, 0.717) is 6.54 Å². The van der Waals surface area contributed by atoms with E-state index in [1.54, 1.807) is 12.1 Å². The van der Waals surface area contributed by atoms with Crippen LogP contribution in [-0.2, 0) is 11.2 Å². The molecule has 1 amide bonds. The van der Waals surface area contributed by atoms with Crippen LogP contribution < -0.4 is 10.6 Å². The number of nitrogens with two attached hydrogens (primary N) is 1. The lowest BCUT2D eigenvalue weighted by molar-refractivity contribution is -0.704. The summed E-state index contributed by atoms with van der Waals surface area (Å²) in [6.45, 7) is 6.49. The van der Waals surface area contributed by atoms with Crippen LogP contribution in [0.25, 0.3) is 0 Å². The molecule has 2 aromatic carbocycles. The molecule has 0 aromatic heterocycles. The van der Waals surface area contributed by atoms with E-state index in [9.17, 15) is 9.18 Å². The van der Waals surface area contributed by atoms with Crippen LogP contribution in [0.3, 0.4) is 0 Å². The zero-order valence-corrected chi connectivity index (χ0v) is 14.6. The SMILES string of the molecule is CCNC(=O)[C@H](C)[NH2+][C@@H](c1ccc(CC)cc1)c1cccc(F)c1. The van der Waals surface area contributed by atoms with E-state index in [1.165, 1.54) is 11.6 Å². The van der Waals surface area contributed by atoms with Gasteiger partial charge in [-0.15, -0.1) is 0 Å². The third-order valence-electron chi connectivity index (χ3n) is 4.20. The van der Waals surface area contributed by atoms with Gasteiger partial charge < -0.3 is 10.6 Å². The standard InChI is InChI=1S/C20H25FN2O/c1-4-15-9-11-16(12-10-15)19(17-7-6-8-18(21)13-17)23-14(3)20(24)22-5-2/h6-14,19,23H,4-5H2,1-3H3,(H,22,24)/p+1/t14-,19-/m0/s1. The quantitative estimate of drug-likeness (QED) is 0.806. The summed E-state index contributed by atoms with van der Waals surface area (Å²) < 4.78 is 13.7. The highest BCUT2D eigenvalue weighted by Crippen LogP contribution is 2.20. The summed E-state index contributed by atoms with van der Waals surface area (Å²) in [5, 5.41) is 4.83. The average Bonchev–Trinajstić information content (AvgIpc) is 2.59. The molecule has 3 nitrogen and oxygen atoms in total. The zero-order chi connectivity index (χ0) is 17.5. The van der Waals surface area contributed by atoms with Gasteiger partial charge in [-0.05, 0) is 38.0 Å². The van der Waals surface area contributed by atoms with Crippen LogP contribution in [0, 0.1) is 5.82 Å². The van der Waals surface area contributed by atoms with Crippen LogP contribution in [0.15, 0.2) is 48.5 Å². The number of benzene rings is 2. The monoisotopic (exact) mass is 329 g/mol. The topological polar surface area (TPSA) is 45.7 Å². The van der Waals surface area contributed by atoms with E-state index < -0.39 is 0 Å². The number of likely N-dealkylation sites (N-methyl/N-ethyl adjacent to an activating group) is 1. The van der Waals surface area contributed by atoms with Crippen LogP contribution in [-0.4, -0.2) is 18.5 Å². The number of hydrogen-bond acceptors (Lipinski definition) is 1. The maximum atomic E-state index is 13.7. The number of carbonyl (C=O) groups excluding carboxylic acids is 1. The molecule has 2 rings (SSSR count). The molecule has 0 saturated heterocycles. The number of nitrogens with one attached hydrogen (secondary N) is 1. The Morgan fingerprint density at radius 2 is 1.83 bits per heavy atom. The first kappa shape index (κ1) is 18.1. The van der Waals surface area contributed by atoms with Crippen molar-refractivity contribution < 1.29 is 14.5 Å². The number of hydrogen-bond donors (Lipinski definition) is 2. The summed E-state index contributed by atoms with van der Waals surface area (Å²) in [5.74, 6) is -0.272. The van der Waals surface area contributed by atoms with E-state index in [-0.39, 0.29) is 23.8 Å². The van der Waals surface area contributed by atoms with E-state index in [0.717, 1.165) is 17.5 Å². The van der Waals surface area contributed by atoms with E-state index in [1.807, 2.05) is 25.2 Å². The fourth-order valence-corrected chi connectivity index (χ4v) is 2.79. The van der Waals surface area contributed by atoms with Gasteiger partial charge in [0.05, 0.1) is 0 Å². The van der Waals surface area contributed by atoms with Gasteiger partial charge in [-0.1, -0.05) is 43.3 Å². The molecule has 0 aliphatic heterocycles. The highest BCUT2D eigenvalue weighted by molar-refractivity contribution is 5.79. The predicted octanol–water partition coefficient (Wildman–Crippen LogP) is 2.57. The average molecular weight is 329 g/mol. The van der Waals surface area contributed by atoms with Gasteiger partial charge in [-0.3, -0.25) is 4.79 Å². The van der Waals surface area contributed by atoms with Crippen molar-refractivity contribution in [3.05, 3.63) is 71.0 Å². The number of carbonyl (C=O) groups is 1. The maximum Gasteiger partial charge on any atom is 0.277 e. The molecule has 24 heavy (non-hydrogen) atoms. The summed E-state index contributed by atoms with van der Waals surface area (Å²) in [5.41, 5.74) is 3.18. The lowest BCUT2D eigenvalue weighted by Gasteiger charge is -2.21. The van der Waals surface area contributed by atoms with Crippen molar-refractivity contribution in [1.29, 1.82) is 0 Å². The molecule has 0 bridgehead atoms. The van der Waals surface area contributed by atoms with Crippen molar-refractivity contribution in [2.24, 2.45) is 0 Å². The van der Waals surface area contributed by atoms with Gasteiger partial charge in [0.15, 0.2) is 6.04 Å². The first-order chi connectivity index (χ1) is 11.5. The Balaban J connectivity index is 2.31. The Hall–Kier alpha value is -2.20. The second kappa shape index (κ2) is 8.60. The second-order valence-corrected chi connectivity index (χ2v) is 6.00. The van der Waals surface area contributed by atoms with E-state index in [2.05, 4.69) is 36.5 Å². The Kier molecular flexibility index (Phi) is 6.50. The molecule has 0 saturated carbocycles. The van der Waals surface area contributed by atoms with Crippen LogP contribution in [0.4, 0.5) is 4.39 Å². The van der Waals surface area contributed by atoms with Crippen molar-refractivity contribution in [2.45, 2.75) is 39.3 Å². The summed E-state index contributed by atoms with van der Waals surface area (Å²) in [4.78, 5) is 12.1. The lowest BCUT2D eigenvalue weighted by atomic mass is 9.96. The molecule has 0 fully saturated rings. The number of amides is 1. The van der Waals surface area contributed by atoms with E-state index >= 15 is 0 Å². The number of rotatable bonds is 7. The normalized spacial score (nSPS) is 13.3. The van der Waals surface area contributed by atoms with Crippen LogP contribution in [0.2, 0.25) is 0 Å². The molecular formula is C20H26FN2O+. The molecule has 0 unspecified atom stereocenters. The predicted molar refractivity (Wildman–Crippen MR) is 94.1 cm³/mol. The fraction of sp³-hybridized carbons (Fsp3) is 0.350. The summed E-state index contributed by atoms with van der Waals surface area (Å²) in [6.07, 6.45) is 0.976. The highest BCUT2D eigenvalue weighted by Gasteiger charge is 2.24. The molecule has 0 aliphatic rings. The third-order valence-corrected chi connectivity index (χ3v) is 4.20. The Morgan fingerprint density at radius 3 is 2.42 bits per heavy atom. The number of aryl methyl sites for hydroxylation is 1. The molecule has 0 radical (unpaired) electrons. The first-order valence-corrected chi connectivity index (χ1v) is 8.52. The molecule has 2 atom stereocenters. The van der Waals surface area contributed by atoms with E-state index in [4.69, 9.17) is 0 Å². The second-order valence-electron chi connectivity index (χ2n) is 6.00. The smallest absolute Gasteiger partial charge is 0.277 e. The molecular weight excluding hydrogens is 303 g/mol. The minimum Gasteiger partial charge on any atom is -0.351 e. The van der Waals surface area contributed by atoms with Crippen LogP contribution in [0.1, 0.15) is 43.5 Å². The van der Waals surface area contributed by atoms with Gasteiger partial charge in [0, 0.05) is 17.7 Å². The van der Waals surface area contributed by atoms with Crippen LogP contribution >= 0.6 is 0 Å². The number of quaternary nitrogens is 1. The van der Waals surface area contributed by atoms with Crippen molar-refractivity contribution in [2.75, 3.05) is 6.54 Å². The molecule has 0 heterocycles. The largest absolute Gasteiger partial charge is 0.351 e. The summed E-state index contributed by atoms with van der Waals surface area (Å²) in [7, 11) is 0. The Labute approximate surface area is 143 Å². The van der Waals surface area contributed by atoms with Crippen molar-refractivity contribution >= 4 is 5.91 Å². The zero-order valence-electron chi connectivity index (χ0n) is 14.6. The summed E-state index contributed by atoms with van der Waals surface area (Å²) >= 11 is 0. The van der Waals surface area contributed by atoms with Crippen LogP contribution in [0.5, 0.6) is 0 Å². The Bertz CT molecular complexity index is 670. The molecule has 128 valence electrons. The van der Waals surface area contributed by atoms with Gasteiger partial charge in [-0.25, -0.2) is 4.39 Å². The molecule has 3 N–H and O–H groups in total. The maximum absolute atomic E-state index is 13.7. The molecule has 0 spiro atoms. The minimum atomic E-state index is -0.262. The molecule has 2 aromatic rings. The Morgan fingerprint density at radius 1 is 1.12 bits per heavy atom. The highest BCUT2D eigenvalue weighted by atomic mass is 19.1. The van der Waals surface area contributed by atoms with Gasteiger partial charge >= 0.3 is 0 Å². The summed E-state index contributed by atoms with van der Waals surface area (Å²) in [6, 6.07) is 14.5. The van der Waals surface area contributed by atoms with Gasteiger partial charge in [0.1, 0.15) is 11.9 Å². The molecule has 0 aliphatic carbocycles. The lowest BCUT2D eigenvalue weighted by Crippen LogP contribution is -2.92. The third kappa shape index (κ3) is 4.65. The van der Waals surface area contributed by atoms with Gasteiger partial charge in [-0.2, -0.15) is 0 Å². The fourth-order valence-electron chi connectivity index (χ4n) is 2.79. The van der Waals surface area contributed by atoms with Crippen molar-refractivity contribution in [3.63, 3.8) is 0 Å².